The van der Waals surface area contributed by atoms with Crippen LogP contribution in [-0.2, 0) is 0 Å². The van der Waals surface area contributed by atoms with Crippen molar-refractivity contribution < 1.29 is 0 Å². The number of rotatable bonds is 2. The van der Waals surface area contributed by atoms with E-state index >= 15 is 0 Å². The summed E-state index contributed by atoms with van der Waals surface area (Å²) in [5.41, 5.74) is 0. The lowest BCUT2D eigenvalue weighted by molar-refractivity contribution is 0.238. The summed E-state index contributed by atoms with van der Waals surface area (Å²) in [7, 11) is 2.16. The van der Waals surface area contributed by atoms with E-state index < -0.39 is 0 Å². The number of nitrogens with one attached hydrogen (secondary N) is 1. The highest BCUT2D eigenvalue weighted by atomic mass is 35.5. The fourth-order valence-electron chi connectivity index (χ4n) is 1.42. The van der Waals surface area contributed by atoms with Crippen LogP contribution in [0.1, 0.15) is 12.8 Å². The molecule has 1 saturated heterocycles. The molecule has 0 aromatic heterocycles. The highest BCUT2D eigenvalue weighted by molar-refractivity contribution is 5.85. The Morgan fingerprint density at radius 2 is 2.08 bits per heavy atom. The second-order valence-electron chi connectivity index (χ2n) is 3.16. The fourth-order valence-corrected chi connectivity index (χ4v) is 1.42. The van der Waals surface area contributed by atoms with Crippen molar-refractivity contribution in [2.75, 3.05) is 26.7 Å². The number of hydrogen-bond donors (Lipinski definition) is 1. The summed E-state index contributed by atoms with van der Waals surface area (Å²) in [6.07, 6.45) is 7.62. The Labute approximate surface area is 81.1 Å². The van der Waals surface area contributed by atoms with Gasteiger partial charge in [0.15, 0.2) is 0 Å². The number of likely N-dealkylation sites (tertiary alicyclic amines) is 1. The summed E-state index contributed by atoms with van der Waals surface area (Å²) < 4.78 is 0. The minimum atomic E-state index is 0. The van der Waals surface area contributed by atoms with Crippen LogP contribution in [-0.4, -0.2) is 37.6 Å². The summed E-state index contributed by atoms with van der Waals surface area (Å²) in [4.78, 5) is 2.36. The lowest BCUT2D eigenvalue weighted by atomic mass is 10.1. The first-order valence-electron chi connectivity index (χ1n) is 4.18. The maximum atomic E-state index is 5.15. The molecule has 1 fully saturated rings. The van der Waals surface area contributed by atoms with Crippen LogP contribution in [0.3, 0.4) is 0 Å². The molecule has 0 radical (unpaired) electrons. The molecule has 2 nitrogen and oxygen atoms in total. The smallest absolute Gasteiger partial charge is 0.0575 e. The Hall–Kier alpha value is -0.230. The van der Waals surface area contributed by atoms with Crippen LogP contribution in [0.2, 0.25) is 0 Å². The molecule has 0 amide bonds. The van der Waals surface area contributed by atoms with Crippen molar-refractivity contribution >= 4 is 12.4 Å². The molecule has 0 unspecified atom stereocenters. The van der Waals surface area contributed by atoms with Crippen LogP contribution >= 0.6 is 12.4 Å². The number of piperidine rings is 1. The predicted octanol–water partition coefficient (Wildman–Crippen LogP) is 0.725. The summed E-state index contributed by atoms with van der Waals surface area (Å²) in [5, 5.41) is 3.33. The van der Waals surface area contributed by atoms with Crippen molar-refractivity contribution in [3.05, 3.63) is 0 Å². The first-order chi connectivity index (χ1) is 5.33. The zero-order chi connectivity index (χ0) is 8.10. The summed E-state index contributed by atoms with van der Waals surface area (Å²) >= 11 is 0. The van der Waals surface area contributed by atoms with Crippen molar-refractivity contribution in [3.8, 4) is 12.3 Å². The van der Waals surface area contributed by atoms with Gasteiger partial charge in [-0.25, -0.2) is 0 Å². The SMILES string of the molecule is C#CCNC1CCN(C)CC1.Cl. The molecule has 1 aliphatic heterocycles. The van der Waals surface area contributed by atoms with Gasteiger partial charge in [0.1, 0.15) is 0 Å². The van der Waals surface area contributed by atoms with Crippen molar-refractivity contribution in [3.63, 3.8) is 0 Å². The Bertz CT molecular complexity index is 145. The lowest BCUT2D eigenvalue weighted by Gasteiger charge is -2.28. The molecule has 12 heavy (non-hydrogen) atoms. The van der Waals surface area contributed by atoms with Gasteiger partial charge in [0, 0.05) is 6.04 Å². The zero-order valence-electron chi connectivity index (χ0n) is 7.55. The molecule has 1 rings (SSSR count). The summed E-state index contributed by atoms with van der Waals surface area (Å²) in [6, 6.07) is 0.655. The zero-order valence-corrected chi connectivity index (χ0v) is 8.36. The van der Waals surface area contributed by atoms with E-state index in [-0.39, 0.29) is 12.4 Å². The topological polar surface area (TPSA) is 15.3 Å². The minimum Gasteiger partial charge on any atom is -0.306 e. The molecule has 1 N–H and O–H groups in total. The van der Waals surface area contributed by atoms with E-state index in [9.17, 15) is 0 Å². The maximum Gasteiger partial charge on any atom is 0.0575 e. The lowest BCUT2D eigenvalue weighted by Crippen LogP contribution is -2.40. The molecule has 0 saturated carbocycles. The van der Waals surface area contributed by atoms with E-state index in [0.29, 0.717) is 12.6 Å². The Morgan fingerprint density at radius 3 is 2.58 bits per heavy atom. The number of hydrogen-bond acceptors (Lipinski definition) is 2. The molecule has 3 heteroatoms. The van der Waals surface area contributed by atoms with Gasteiger partial charge in [0.25, 0.3) is 0 Å². The average molecular weight is 189 g/mol. The minimum absolute atomic E-state index is 0. The molecule has 0 aliphatic carbocycles. The number of terminal acetylenes is 1. The van der Waals surface area contributed by atoms with Crippen molar-refractivity contribution in [2.45, 2.75) is 18.9 Å². The second-order valence-corrected chi connectivity index (χ2v) is 3.16. The van der Waals surface area contributed by atoms with Gasteiger partial charge in [-0.2, -0.15) is 0 Å². The van der Waals surface area contributed by atoms with Crippen LogP contribution in [0.5, 0.6) is 0 Å². The monoisotopic (exact) mass is 188 g/mol. The van der Waals surface area contributed by atoms with E-state index in [0.717, 1.165) is 0 Å². The van der Waals surface area contributed by atoms with E-state index in [1.165, 1.54) is 25.9 Å². The number of halogens is 1. The van der Waals surface area contributed by atoms with Crippen LogP contribution in [0, 0.1) is 12.3 Å². The fraction of sp³-hybridized carbons (Fsp3) is 0.778. The van der Waals surface area contributed by atoms with E-state index in [4.69, 9.17) is 6.42 Å². The van der Waals surface area contributed by atoms with Crippen molar-refractivity contribution in [1.82, 2.24) is 10.2 Å². The van der Waals surface area contributed by atoms with Crippen LogP contribution < -0.4 is 5.32 Å². The van der Waals surface area contributed by atoms with Crippen molar-refractivity contribution in [2.24, 2.45) is 0 Å². The predicted molar refractivity (Wildman–Crippen MR) is 54.6 cm³/mol. The normalized spacial score (nSPS) is 19.7. The quantitative estimate of drug-likeness (QED) is 0.643. The largest absolute Gasteiger partial charge is 0.306 e. The van der Waals surface area contributed by atoms with Crippen LogP contribution in [0.25, 0.3) is 0 Å². The molecule has 1 aliphatic rings. The van der Waals surface area contributed by atoms with Gasteiger partial charge < -0.3 is 10.2 Å². The Kier molecular flexibility index (Phi) is 6.18. The van der Waals surface area contributed by atoms with E-state index in [1.54, 1.807) is 0 Å². The molecular formula is C9H17ClN2. The van der Waals surface area contributed by atoms with Gasteiger partial charge >= 0.3 is 0 Å². The Balaban J connectivity index is 0.00000121. The molecule has 0 atom stereocenters. The van der Waals surface area contributed by atoms with Gasteiger partial charge in [0.2, 0.25) is 0 Å². The van der Waals surface area contributed by atoms with Gasteiger partial charge in [-0.05, 0) is 33.0 Å². The third-order valence-electron chi connectivity index (χ3n) is 2.21. The second kappa shape index (κ2) is 6.30. The van der Waals surface area contributed by atoms with E-state index in [1.807, 2.05) is 0 Å². The molecule has 1 heterocycles. The first-order valence-corrected chi connectivity index (χ1v) is 4.18. The molecule has 70 valence electrons. The highest BCUT2D eigenvalue weighted by Crippen LogP contribution is 2.07. The summed E-state index contributed by atoms with van der Waals surface area (Å²) in [5.74, 6) is 2.60. The molecular weight excluding hydrogens is 172 g/mol. The van der Waals surface area contributed by atoms with Gasteiger partial charge in [-0.15, -0.1) is 18.8 Å². The Morgan fingerprint density at radius 1 is 1.50 bits per heavy atom. The number of nitrogens with zero attached hydrogens (tertiary/aromatic N) is 1. The highest BCUT2D eigenvalue weighted by Gasteiger charge is 2.14. The van der Waals surface area contributed by atoms with Gasteiger partial charge in [-0.1, -0.05) is 5.92 Å². The van der Waals surface area contributed by atoms with E-state index in [2.05, 4.69) is 23.2 Å². The average Bonchev–Trinajstić information content (AvgIpc) is 2.04. The molecule has 0 aromatic carbocycles. The third-order valence-corrected chi connectivity index (χ3v) is 2.21. The third kappa shape index (κ3) is 3.96. The maximum absolute atomic E-state index is 5.15. The van der Waals surface area contributed by atoms with Gasteiger partial charge in [0.05, 0.1) is 6.54 Å². The van der Waals surface area contributed by atoms with Crippen LogP contribution in [0.15, 0.2) is 0 Å². The van der Waals surface area contributed by atoms with Crippen LogP contribution in [0.4, 0.5) is 0 Å². The molecule has 0 spiro atoms. The molecule has 0 aromatic rings. The molecule has 0 bridgehead atoms. The van der Waals surface area contributed by atoms with Crippen molar-refractivity contribution in [1.29, 1.82) is 0 Å². The van der Waals surface area contributed by atoms with Gasteiger partial charge in [-0.3, -0.25) is 0 Å². The summed E-state index contributed by atoms with van der Waals surface area (Å²) in [6.45, 7) is 3.11. The first kappa shape index (κ1) is 11.8. The standard InChI is InChI=1S/C9H16N2.ClH/c1-3-6-10-9-4-7-11(2)8-5-9;/h1,9-10H,4-8H2,2H3;1H.